The number of thioether (sulfide) groups is 1. The normalized spacial score (nSPS) is 15.0. The van der Waals surface area contributed by atoms with Gasteiger partial charge in [-0.05, 0) is 42.3 Å². The standard InChI is InChI=1S/C16H23N5O2S/c1-12-6-7-14(23-12)8-9-17-16(22)11-24-10-15-18-19-20-21(15)13-4-2-3-5-13/h6-7,13H,2-5,8-11H2,1H3,(H,17,22). The number of nitrogens with zero attached hydrogens (tertiary/aromatic N) is 4. The molecule has 8 heteroatoms. The summed E-state index contributed by atoms with van der Waals surface area (Å²) >= 11 is 1.54. The summed E-state index contributed by atoms with van der Waals surface area (Å²) in [5, 5.41) is 14.9. The summed E-state index contributed by atoms with van der Waals surface area (Å²) in [6.07, 6.45) is 5.50. The summed E-state index contributed by atoms with van der Waals surface area (Å²) in [5.74, 6) is 3.76. The SMILES string of the molecule is Cc1ccc(CCNC(=O)CSCc2nnnn2C2CCCC2)o1. The van der Waals surface area contributed by atoms with E-state index >= 15 is 0 Å². The second-order valence-electron chi connectivity index (χ2n) is 6.08. The number of carbonyl (C=O) groups is 1. The summed E-state index contributed by atoms with van der Waals surface area (Å²) in [6, 6.07) is 4.31. The quantitative estimate of drug-likeness (QED) is 0.787. The van der Waals surface area contributed by atoms with Crippen LogP contribution in [-0.2, 0) is 17.0 Å². The molecule has 1 amide bonds. The van der Waals surface area contributed by atoms with Gasteiger partial charge in [0.1, 0.15) is 11.5 Å². The molecule has 2 heterocycles. The second-order valence-corrected chi connectivity index (χ2v) is 7.07. The monoisotopic (exact) mass is 349 g/mol. The Balaban J connectivity index is 1.35. The summed E-state index contributed by atoms with van der Waals surface area (Å²) in [6.45, 7) is 2.50. The molecule has 24 heavy (non-hydrogen) atoms. The summed E-state index contributed by atoms with van der Waals surface area (Å²) < 4.78 is 7.42. The maximum Gasteiger partial charge on any atom is 0.230 e. The molecule has 3 rings (SSSR count). The minimum atomic E-state index is 0.0307. The molecule has 2 aromatic rings. The molecule has 1 N–H and O–H groups in total. The van der Waals surface area contributed by atoms with E-state index in [-0.39, 0.29) is 5.91 Å². The molecule has 0 saturated heterocycles. The number of furan rings is 1. The topological polar surface area (TPSA) is 85.8 Å². The van der Waals surface area contributed by atoms with Gasteiger partial charge in [-0.15, -0.1) is 16.9 Å². The van der Waals surface area contributed by atoms with E-state index in [0.29, 0.717) is 30.5 Å². The zero-order valence-corrected chi connectivity index (χ0v) is 14.7. The molecule has 0 aromatic carbocycles. The molecule has 1 aliphatic rings. The van der Waals surface area contributed by atoms with E-state index in [1.807, 2.05) is 23.7 Å². The van der Waals surface area contributed by atoms with Crippen molar-refractivity contribution in [2.75, 3.05) is 12.3 Å². The van der Waals surface area contributed by atoms with E-state index in [1.165, 1.54) is 12.8 Å². The van der Waals surface area contributed by atoms with Crippen LogP contribution in [0.4, 0.5) is 0 Å². The first-order chi connectivity index (χ1) is 11.7. The number of carbonyl (C=O) groups excluding carboxylic acids is 1. The van der Waals surface area contributed by atoms with Crippen molar-refractivity contribution in [2.45, 2.75) is 50.8 Å². The number of tetrazole rings is 1. The zero-order valence-electron chi connectivity index (χ0n) is 13.9. The highest BCUT2D eigenvalue weighted by Crippen LogP contribution is 2.29. The first-order valence-electron chi connectivity index (χ1n) is 8.39. The van der Waals surface area contributed by atoms with Crippen molar-refractivity contribution in [1.82, 2.24) is 25.5 Å². The Hall–Kier alpha value is -1.83. The summed E-state index contributed by atoms with van der Waals surface area (Å²) in [5.41, 5.74) is 0. The van der Waals surface area contributed by atoms with E-state index < -0.39 is 0 Å². The first kappa shape index (κ1) is 17.0. The van der Waals surface area contributed by atoms with Gasteiger partial charge in [-0.1, -0.05) is 12.8 Å². The molecule has 0 bridgehead atoms. The van der Waals surface area contributed by atoms with E-state index in [4.69, 9.17) is 4.42 Å². The highest BCUT2D eigenvalue weighted by Gasteiger charge is 2.21. The Morgan fingerprint density at radius 1 is 1.42 bits per heavy atom. The largest absolute Gasteiger partial charge is 0.466 e. The van der Waals surface area contributed by atoms with E-state index in [1.54, 1.807) is 11.8 Å². The van der Waals surface area contributed by atoms with Gasteiger partial charge in [0.15, 0.2) is 5.82 Å². The maximum absolute atomic E-state index is 11.9. The van der Waals surface area contributed by atoms with E-state index in [9.17, 15) is 4.79 Å². The molecule has 1 saturated carbocycles. The van der Waals surface area contributed by atoms with Crippen LogP contribution < -0.4 is 5.32 Å². The van der Waals surface area contributed by atoms with E-state index in [0.717, 1.165) is 30.2 Å². The Bertz CT molecular complexity index is 663. The van der Waals surface area contributed by atoms with Gasteiger partial charge in [0.25, 0.3) is 0 Å². The molecule has 0 spiro atoms. The number of hydrogen-bond acceptors (Lipinski definition) is 6. The number of nitrogens with one attached hydrogen (secondary N) is 1. The lowest BCUT2D eigenvalue weighted by Gasteiger charge is -2.11. The minimum absolute atomic E-state index is 0.0307. The highest BCUT2D eigenvalue weighted by atomic mass is 32.2. The maximum atomic E-state index is 11.9. The third-order valence-corrected chi connectivity index (χ3v) is 5.11. The lowest BCUT2D eigenvalue weighted by atomic mass is 10.2. The molecule has 0 unspecified atom stereocenters. The van der Waals surface area contributed by atoms with Gasteiger partial charge in [-0.25, -0.2) is 4.68 Å². The van der Waals surface area contributed by atoms with Gasteiger partial charge in [0.2, 0.25) is 5.91 Å². The molecular weight excluding hydrogens is 326 g/mol. The average molecular weight is 349 g/mol. The number of aryl methyl sites for hydroxylation is 1. The van der Waals surface area contributed by atoms with Crippen LogP contribution in [0.5, 0.6) is 0 Å². The van der Waals surface area contributed by atoms with Crippen molar-refractivity contribution in [3.05, 3.63) is 29.5 Å². The molecule has 1 fully saturated rings. The Morgan fingerprint density at radius 2 is 2.25 bits per heavy atom. The predicted octanol–water partition coefficient (Wildman–Crippen LogP) is 2.28. The molecule has 2 aromatic heterocycles. The fraction of sp³-hybridized carbons (Fsp3) is 0.625. The van der Waals surface area contributed by atoms with Gasteiger partial charge in [-0.3, -0.25) is 4.79 Å². The van der Waals surface area contributed by atoms with Crippen LogP contribution in [0.2, 0.25) is 0 Å². The smallest absolute Gasteiger partial charge is 0.230 e. The third-order valence-electron chi connectivity index (χ3n) is 4.19. The van der Waals surface area contributed by atoms with Crippen LogP contribution in [0.1, 0.15) is 49.1 Å². The van der Waals surface area contributed by atoms with Crippen molar-refractivity contribution in [3.63, 3.8) is 0 Å². The average Bonchev–Trinajstić information content (AvgIpc) is 3.28. The van der Waals surface area contributed by atoms with Gasteiger partial charge < -0.3 is 9.73 Å². The number of amides is 1. The lowest BCUT2D eigenvalue weighted by molar-refractivity contribution is -0.118. The van der Waals surface area contributed by atoms with Crippen LogP contribution in [0.15, 0.2) is 16.5 Å². The van der Waals surface area contributed by atoms with Crippen LogP contribution in [-0.4, -0.2) is 38.4 Å². The molecule has 1 aliphatic carbocycles. The zero-order chi connectivity index (χ0) is 16.8. The minimum Gasteiger partial charge on any atom is -0.466 e. The third kappa shape index (κ3) is 4.59. The molecular formula is C16H23N5O2S. The Labute approximate surface area is 145 Å². The van der Waals surface area contributed by atoms with Crippen molar-refractivity contribution in [1.29, 1.82) is 0 Å². The van der Waals surface area contributed by atoms with Crippen LogP contribution in [0.25, 0.3) is 0 Å². The lowest BCUT2D eigenvalue weighted by Crippen LogP contribution is -2.27. The Morgan fingerprint density at radius 3 is 3.00 bits per heavy atom. The van der Waals surface area contributed by atoms with Crippen molar-refractivity contribution >= 4 is 17.7 Å². The van der Waals surface area contributed by atoms with Crippen LogP contribution in [0.3, 0.4) is 0 Å². The van der Waals surface area contributed by atoms with Crippen molar-refractivity contribution < 1.29 is 9.21 Å². The second kappa shape index (κ2) is 8.32. The van der Waals surface area contributed by atoms with Gasteiger partial charge in [-0.2, -0.15) is 0 Å². The molecule has 130 valence electrons. The molecule has 0 radical (unpaired) electrons. The van der Waals surface area contributed by atoms with Gasteiger partial charge >= 0.3 is 0 Å². The van der Waals surface area contributed by atoms with E-state index in [2.05, 4.69) is 20.8 Å². The molecule has 0 atom stereocenters. The summed E-state index contributed by atoms with van der Waals surface area (Å²) in [4.78, 5) is 11.9. The van der Waals surface area contributed by atoms with Gasteiger partial charge in [0, 0.05) is 13.0 Å². The fourth-order valence-corrected chi connectivity index (χ4v) is 3.73. The van der Waals surface area contributed by atoms with Crippen molar-refractivity contribution in [2.24, 2.45) is 0 Å². The van der Waals surface area contributed by atoms with Crippen LogP contribution in [0, 0.1) is 6.92 Å². The molecule has 7 nitrogen and oxygen atoms in total. The Kier molecular flexibility index (Phi) is 5.90. The first-order valence-corrected chi connectivity index (χ1v) is 9.54. The number of aromatic nitrogens is 4. The summed E-state index contributed by atoms with van der Waals surface area (Å²) in [7, 11) is 0. The predicted molar refractivity (Wildman–Crippen MR) is 91.6 cm³/mol. The fourth-order valence-electron chi connectivity index (χ4n) is 2.97. The number of rotatable bonds is 8. The van der Waals surface area contributed by atoms with Crippen molar-refractivity contribution in [3.8, 4) is 0 Å². The highest BCUT2D eigenvalue weighted by molar-refractivity contribution is 7.99. The molecule has 0 aliphatic heterocycles. The van der Waals surface area contributed by atoms with Gasteiger partial charge in [0.05, 0.1) is 17.5 Å². The number of hydrogen-bond donors (Lipinski definition) is 1. The van der Waals surface area contributed by atoms with Crippen LogP contribution >= 0.6 is 11.8 Å².